The van der Waals surface area contributed by atoms with Crippen LogP contribution in [-0.4, -0.2) is 72.2 Å². The molecule has 0 aliphatic carbocycles. The molecule has 0 aromatic rings. The summed E-state index contributed by atoms with van der Waals surface area (Å²) in [7, 11) is 0. The predicted octanol–water partition coefficient (Wildman–Crippen LogP) is 3.09. The Morgan fingerprint density at radius 1 is 0.654 bits per heavy atom. The van der Waals surface area contributed by atoms with Gasteiger partial charge in [-0.15, -0.1) is 0 Å². The average molecular weight is 373 g/mol. The Bertz CT molecular complexity index is 385. The van der Waals surface area contributed by atoms with Crippen molar-refractivity contribution in [2.24, 2.45) is 0 Å². The molecule has 0 N–H and O–H groups in total. The molecule has 0 amide bonds. The van der Waals surface area contributed by atoms with E-state index in [-0.39, 0.29) is 25.0 Å². The minimum atomic E-state index is -0.472. The molecule has 0 unspecified atom stereocenters. The van der Waals surface area contributed by atoms with Gasteiger partial charge in [-0.3, -0.25) is 19.4 Å². The average Bonchev–Trinajstić information content (AvgIpc) is 2.40. The van der Waals surface area contributed by atoms with Crippen molar-refractivity contribution in [3.63, 3.8) is 0 Å². The first-order valence-corrected chi connectivity index (χ1v) is 9.74. The third-order valence-electron chi connectivity index (χ3n) is 3.36. The normalized spacial score (nSPS) is 12.5. The van der Waals surface area contributed by atoms with Crippen molar-refractivity contribution in [3.05, 3.63) is 0 Å². The van der Waals surface area contributed by atoms with Gasteiger partial charge in [0.1, 0.15) is 11.2 Å². The van der Waals surface area contributed by atoms with Crippen LogP contribution in [-0.2, 0) is 19.1 Å². The van der Waals surface area contributed by atoms with Gasteiger partial charge in [0.15, 0.2) is 0 Å². The molecule has 0 aliphatic rings. The maximum absolute atomic E-state index is 12.1. The largest absolute Gasteiger partial charge is 0.459 e. The van der Waals surface area contributed by atoms with E-state index < -0.39 is 11.2 Å². The number of carbonyl (C=O) groups is 2. The van der Waals surface area contributed by atoms with Crippen LogP contribution in [0.2, 0.25) is 0 Å². The second-order valence-corrected chi connectivity index (χ2v) is 8.73. The van der Waals surface area contributed by atoms with Gasteiger partial charge in [0, 0.05) is 13.1 Å². The molecule has 6 nitrogen and oxygen atoms in total. The van der Waals surface area contributed by atoms with E-state index in [1.165, 1.54) is 0 Å². The van der Waals surface area contributed by atoms with E-state index in [0.717, 1.165) is 39.0 Å². The number of rotatable bonds is 11. The molecule has 0 aromatic heterocycles. The standard InChI is InChI=1S/C20H40N2O4/c1-9-11-21(15-17(23)25-19(3,4)5)13-14-22(12-10-2)16-18(24)26-20(6,7)8/h9-16H2,1-8H3. The molecule has 0 fully saturated rings. The van der Waals surface area contributed by atoms with Gasteiger partial charge in [0.25, 0.3) is 0 Å². The van der Waals surface area contributed by atoms with Crippen molar-refractivity contribution in [1.29, 1.82) is 0 Å². The molecule has 6 heteroatoms. The van der Waals surface area contributed by atoms with Gasteiger partial charge in [-0.2, -0.15) is 0 Å². The molecule has 0 heterocycles. The number of nitrogens with zero attached hydrogens (tertiary/aromatic N) is 2. The molecule has 0 aromatic carbocycles. The lowest BCUT2D eigenvalue weighted by Gasteiger charge is -2.28. The highest BCUT2D eigenvalue weighted by molar-refractivity contribution is 5.72. The quantitative estimate of drug-likeness (QED) is 0.520. The summed E-state index contributed by atoms with van der Waals surface area (Å²) < 4.78 is 10.8. The second-order valence-electron chi connectivity index (χ2n) is 8.73. The maximum atomic E-state index is 12.1. The molecule has 0 saturated carbocycles. The third-order valence-corrected chi connectivity index (χ3v) is 3.36. The van der Waals surface area contributed by atoms with Gasteiger partial charge < -0.3 is 9.47 Å². The summed E-state index contributed by atoms with van der Waals surface area (Å²) >= 11 is 0. The molecular formula is C20H40N2O4. The summed E-state index contributed by atoms with van der Waals surface area (Å²) in [4.78, 5) is 28.4. The Morgan fingerprint density at radius 3 is 1.19 bits per heavy atom. The molecule has 0 bridgehead atoms. The molecule has 0 spiro atoms. The zero-order valence-corrected chi connectivity index (χ0v) is 18.2. The monoisotopic (exact) mass is 372 g/mol. The van der Waals surface area contributed by atoms with E-state index in [2.05, 4.69) is 23.6 Å². The van der Waals surface area contributed by atoms with Crippen molar-refractivity contribution in [1.82, 2.24) is 9.80 Å². The number of esters is 2. The molecule has 26 heavy (non-hydrogen) atoms. The van der Waals surface area contributed by atoms with Crippen molar-refractivity contribution in [3.8, 4) is 0 Å². The van der Waals surface area contributed by atoms with Gasteiger partial charge in [-0.05, 0) is 67.5 Å². The van der Waals surface area contributed by atoms with Gasteiger partial charge in [-0.25, -0.2) is 0 Å². The number of ether oxygens (including phenoxy) is 2. The highest BCUT2D eigenvalue weighted by Crippen LogP contribution is 2.09. The maximum Gasteiger partial charge on any atom is 0.320 e. The van der Waals surface area contributed by atoms with Crippen molar-refractivity contribution in [2.75, 3.05) is 39.3 Å². The summed E-state index contributed by atoms with van der Waals surface area (Å²) in [5.74, 6) is -0.416. The van der Waals surface area contributed by atoms with Crippen LogP contribution < -0.4 is 0 Å². The second kappa shape index (κ2) is 11.5. The topological polar surface area (TPSA) is 59.1 Å². The Hall–Kier alpha value is -1.14. The molecule has 154 valence electrons. The van der Waals surface area contributed by atoms with E-state index in [9.17, 15) is 9.59 Å². The van der Waals surface area contributed by atoms with Crippen LogP contribution in [0.4, 0.5) is 0 Å². The SMILES string of the molecule is CCCN(CCN(CCC)CC(=O)OC(C)(C)C)CC(=O)OC(C)(C)C. The van der Waals surface area contributed by atoms with E-state index in [1.54, 1.807) is 0 Å². The first kappa shape index (κ1) is 24.9. The Morgan fingerprint density at radius 2 is 0.962 bits per heavy atom. The van der Waals surface area contributed by atoms with Crippen LogP contribution in [0, 0.1) is 0 Å². The fourth-order valence-electron chi connectivity index (χ4n) is 2.57. The number of hydrogen-bond donors (Lipinski definition) is 0. The first-order valence-electron chi connectivity index (χ1n) is 9.74. The fourth-order valence-corrected chi connectivity index (χ4v) is 2.57. The molecule has 0 radical (unpaired) electrons. The summed E-state index contributed by atoms with van der Waals surface area (Å²) in [5, 5.41) is 0. The van der Waals surface area contributed by atoms with Crippen molar-refractivity contribution < 1.29 is 19.1 Å². The van der Waals surface area contributed by atoms with Crippen LogP contribution >= 0.6 is 0 Å². The van der Waals surface area contributed by atoms with E-state index in [4.69, 9.17) is 9.47 Å². The molecule has 0 saturated heterocycles. The van der Waals surface area contributed by atoms with Crippen LogP contribution in [0.25, 0.3) is 0 Å². The van der Waals surface area contributed by atoms with Crippen LogP contribution in [0.1, 0.15) is 68.2 Å². The lowest BCUT2D eigenvalue weighted by molar-refractivity contribution is -0.158. The van der Waals surface area contributed by atoms with Crippen molar-refractivity contribution in [2.45, 2.75) is 79.4 Å². The van der Waals surface area contributed by atoms with Crippen LogP contribution in [0.3, 0.4) is 0 Å². The van der Waals surface area contributed by atoms with E-state index >= 15 is 0 Å². The van der Waals surface area contributed by atoms with Crippen LogP contribution in [0.5, 0.6) is 0 Å². The Balaban J connectivity index is 4.62. The highest BCUT2D eigenvalue weighted by atomic mass is 16.6. The summed E-state index contributed by atoms with van der Waals surface area (Å²) in [5.41, 5.74) is -0.945. The molecule has 0 aliphatic heterocycles. The van der Waals surface area contributed by atoms with Gasteiger partial charge in [-0.1, -0.05) is 13.8 Å². The van der Waals surface area contributed by atoms with Crippen molar-refractivity contribution >= 4 is 11.9 Å². The molecular weight excluding hydrogens is 332 g/mol. The summed E-state index contributed by atoms with van der Waals surface area (Å²) in [6.45, 7) is 19.1. The Labute approximate surface area is 160 Å². The van der Waals surface area contributed by atoms with E-state index in [0.29, 0.717) is 0 Å². The number of carbonyl (C=O) groups excluding carboxylic acids is 2. The zero-order chi connectivity index (χ0) is 20.4. The minimum Gasteiger partial charge on any atom is -0.459 e. The lowest BCUT2D eigenvalue weighted by Crippen LogP contribution is -2.42. The van der Waals surface area contributed by atoms with Crippen LogP contribution in [0.15, 0.2) is 0 Å². The van der Waals surface area contributed by atoms with Gasteiger partial charge in [0.2, 0.25) is 0 Å². The zero-order valence-electron chi connectivity index (χ0n) is 18.2. The van der Waals surface area contributed by atoms with E-state index in [1.807, 2.05) is 41.5 Å². The minimum absolute atomic E-state index is 0.208. The predicted molar refractivity (Wildman–Crippen MR) is 105 cm³/mol. The lowest BCUT2D eigenvalue weighted by atomic mass is 10.2. The highest BCUT2D eigenvalue weighted by Gasteiger charge is 2.21. The third kappa shape index (κ3) is 14.1. The summed E-state index contributed by atoms with van der Waals surface area (Å²) in [6.07, 6.45) is 1.92. The summed E-state index contributed by atoms with van der Waals surface area (Å²) in [6, 6.07) is 0. The molecule has 0 atom stereocenters. The van der Waals surface area contributed by atoms with Gasteiger partial charge >= 0.3 is 11.9 Å². The smallest absolute Gasteiger partial charge is 0.320 e. The van der Waals surface area contributed by atoms with Gasteiger partial charge in [0.05, 0.1) is 13.1 Å². The Kier molecular flexibility index (Phi) is 11.0. The fraction of sp³-hybridized carbons (Fsp3) is 0.900. The molecule has 0 rings (SSSR count). The first-order chi connectivity index (χ1) is 11.9. The number of hydrogen-bond acceptors (Lipinski definition) is 6.